The number of rotatable bonds is 5. The van der Waals surface area contributed by atoms with E-state index >= 15 is 0 Å². The Bertz CT molecular complexity index is 1200. The van der Waals surface area contributed by atoms with Gasteiger partial charge >= 0.3 is 0 Å². The number of carbonyl (C=O) groups excluding carboxylic acids is 1. The van der Waals surface area contributed by atoms with Crippen LogP contribution in [0.2, 0.25) is 5.02 Å². The number of nitrogens with zero attached hydrogens (tertiary/aromatic N) is 4. The summed E-state index contributed by atoms with van der Waals surface area (Å²) in [4.78, 5) is 20.5. The molecule has 0 aliphatic carbocycles. The molecular weight excluding hydrogens is 446 g/mol. The van der Waals surface area contributed by atoms with E-state index in [2.05, 4.69) is 10.2 Å². The molecule has 1 fully saturated rings. The fraction of sp³-hybridized carbons (Fsp3) is 0.261. The Balaban J connectivity index is 1.28. The van der Waals surface area contributed by atoms with Crippen LogP contribution in [0, 0.1) is 5.92 Å². The normalized spacial score (nSPS) is 16.3. The van der Waals surface area contributed by atoms with Crippen LogP contribution in [0.3, 0.4) is 0 Å². The lowest BCUT2D eigenvalue weighted by Crippen LogP contribution is -2.40. The summed E-state index contributed by atoms with van der Waals surface area (Å²) >= 11 is 7.47. The van der Waals surface area contributed by atoms with Crippen LogP contribution in [0.1, 0.15) is 12.8 Å². The first-order chi connectivity index (χ1) is 15.6. The predicted molar refractivity (Wildman–Crippen MR) is 128 cm³/mol. The average Bonchev–Trinajstić information content (AvgIpc) is 3.40. The van der Waals surface area contributed by atoms with Gasteiger partial charge in [0.1, 0.15) is 5.75 Å². The van der Waals surface area contributed by atoms with Gasteiger partial charge in [0.25, 0.3) is 0 Å². The lowest BCUT2D eigenvalue weighted by molar-refractivity contribution is -0.120. The number of ether oxygens (including phenoxy) is 1. The Morgan fingerprint density at radius 2 is 1.97 bits per heavy atom. The zero-order valence-corrected chi connectivity index (χ0v) is 19.1. The summed E-state index contributed by atoms with van der Waals surface area (Å²) in [5, 5.41) is 9.27. The highest BCUT2D eigenvalue weighted by molar-refractivity contribution is 7.20. The SMILES string of the molecule is COc1ccc(-c2cn3nc(N4CCC[C@@H](C(=O)Nc5ccc(Cl)cc5)C4)sc3n2)cc1. The van der Waals surface area contributed by atoms with Gasteiger partial charge in [0, 0.05) is 29.4 Å². The maximum Gasteiger partial charge on any atom is 0.229 e. The fourth-order valence-electron chi connectivity index (χ4n) is 3.86. The van der Waals surface area contributed by atoms with Crippen molar-refractivity contribution in [2.24, 2.45) is 5.92 Å². The minimum absolute atomic E-state index is 0.0279. The van der Waals surface area contributed by atoms with Crippen molar-refractivity contribution < 1.29 is 9.53 Å². The van der Waals surface area contributed by atoms with E-state index in [-0.39, 0.29) is 11.8 Å². The Kier molecular flexibility index (Phi) is 5.71. The van der Waals surface area contributed by atoms with Crippen LogP contribution in [0.4, 0.5) is 10.8 Å². The van der Waals surface area contributed by atoms with Crippen molar-refractivity contribution in [3.8, 4) is 17.0 Å². The highest BCUT2D eigenvalue weighted by atomic mass is 35.5. The number of nitrogens with one attached hydrogen (secondary N) is 1. The minimum Gasteiger partial charge on any atom is -0.497 e. The van der Waals surface area contributed by atoms with Gasteiger partial charge in [0.05, 0.1) is 24.9 Å². The molecule has 1 aliphatic rings. The van der Waals surface area contributed by atoms with Crippen molar-refractivity contribution in [1.82, 2.24) is 14.6 Å². The topological polar surface area (TPSA) is 71.8 Å². The number of fused-ring (bicyclic) bond motifs is 1. The fourth-order valence-corrected chi connectivity index (χ4v) is 4.90. The molecule has 2 aromatic carbocycles. The number of amides is 1. The number of benzene rings is 2. The number of anilines is 2. The molecule has 7 nitrogen and oxygen atoms in total. The Labute approximate surface area is 194 Å². The van der Waals surface area contributed by atoms with Gasteiger partial charge in [-0.3, -0.25) is 4.79 Å². The van der Waals surface area contributed by atoms with Crippen LogP contribution in [-0.2, 0) is 4.79 Å². The smallest absolute Gasteiger partial charge is 0.229 e. The van der Waals surface area contributed by atoms with Crippen LogP contribution in [0.5, 0.6) is 5.75 Å². The molecule has 3 heterocycles. The monoisotopic (exact) mass is 467 g/mol. The summed E-state index contributed by atoms with van der Waals surface area (Å²) < 4.78 is 7.04. The van der Waals surface area contributed by atoms with E-state index in [1.54, 1.807) is 30.6 Å². The van der Waals surface area contributed by atoms with E-state index in [0.29, 0.717) is 11.6 Å². The van der Waals surface area contributed by atoms with E-state index in [9.17, 15) is 4.79 Å². The first-order valence-electron chi connectivity index (χ1n) is 10.4. The van der Waals surface area contributed by atoms with Crippen molar-refractivity contribution in [2.75, 3.05) is 30.4 Å². The molecule has 0 unspecified atom stereocenters. The van der Waals surface area contributed by atoms with Crippen molar-refractivity contribution in [3.05, 3.63) is 59.8 Å². The largest absolute Gasteiger partial charge is 0.497 e. The molecule has 0 radical (unpaired) electrons. The number of imidazole rings is 1. The van der Waals surface area contributed by atoms with Crippen molar-refractivity contribution in [2.45, 2.75) is 12.8 Å². The van der Waals surface area contributed by atoms with Crippen LogP contribution >= 0.6 is 22.9 Å². The van der Waals surface area contributed by atoms with Crippen LogP contribution in [0.25, 0.3) is 16.2 Å². The van der Waals surface area contributed by atoms with E-state index in [1.165, 1.54) is 0 Å². The predicted octanol–water partition coefficient (Wildman–Crippen LogP) is 4.97. The van der Waals surface area contributed by atoms with E-state index in [4.69, 9.17) is 26.4 Å². The van der Waals surface area contributed by atoms with Crippen molar-refractivity contribution in [3.63, 3.8) is 0 Å². The van der Waals surface area contributed by atoms with Crippen molar-refractivity contribution >= 4 is 44.6 Å². The molecule has 164 valence electrons. The summed E-state index contributed by atoms with van der Waals surface area (Å²) in [6.07, 6.45) is 3.74. The van der Waals surface area contributed by atoms with Gasteiger partial charge in [-0.05, 0) is 61.4 Å². The lowest BCUT2D eigenvalue weighted by Gasteiger charge is -2.31. The van der Waals surface area contributed by atoms with Gasteiger partial charge in [-0.1, -0.05) is 22.9 Å². The molecule has 1 amide bonds. The molecule has 9 heteroatoms. The number of aromatic nitrogens is 3. The molecule has 0 bridgehead atoms. The Morgan fingerprint density at radius 3 is 2.69 bits per heavy atom. The molecular formula is C23H22ClN5O2S. The van der Waals surface area contributed by atoms with E-state index in [1.807, 2.05) is 47.1 Å². The summed E-state index contributed by atoms with van der Waals surface area (Å²) in [5.41, 5.74) is 2.65. The number of piperidine rings is 1. The number of carbonyl (C=O) groups is 1. The Morgan fingerprint density at radius 1 is 1.19 bits per heavy atom. The molecule has 1 saturated heterocycles. The maximum absolute atomic E-state index is 12.8. The molecule has 1 N–H and O–H groups in total. The molecule has 0 spiro atoms. The Hall–Kier alpha value is -3.10. The van der Waals surface area contributed by atoms with Crippen molar-refractivity contribution in [1.29, 1.82) is 0 Å². The number of methoxy groups -OCH3 is 1. The molecule has 1 aliphatic heterocycles. The molecule has 5 rings (SSSR count). The lowest BCUT2D eigenvalue weighted by atomic mass is 9.97. The average molecular weight is 468 g/mol. The van der Waals surface area contributed by atoms with Crippen LogP contribution in [0.15, 0.2) is 54.7 Å². The zero-order valence-electron chi connectivity index (χ0n) is 17.5. The third-order valence-electron chi connectivity index (χ3n) is 5.59. The molecule has 1 atom stereocenters. The standard InChI is InChI=1S/C23H22ClN5O2S/c1-31-19-10-4-15(5-11-19)20-14-29-22(26-20)32-23(27-29)28-12-2-3-16(13-28)21(30)25-18-8-6-17(24)7-9-18/h4-11,14,16H,2-3,12-13H2,1H3,(H,25,30)/t16-/m1/s1. The van der Waals surface area contributed by atoms with Crippen LogP contribution < -0.4 is 15.0 Å². The second-order valence-electron chi connectivity index (χ2n) is 7.75. The first kappa shape index (κ1) is 20.8. The van der Waals surface area contributed by atoms with E-state index in [0.717, 1.165) is 52.2 Å². The first-order valence-corrected chi connectivity index (χ1v) is 11.6. The van der Waals surface area contributed by atoms with Crippen LogP contribution in [-0.4, -0.2) is 40.7 Å². The quantitative estimate of drug-likeness (QED) is 0.448. The second kappa shape index (κ2) is 8.80. The summed E-state index contributed by atoms with van der Waals surface area (Å²) in [5.74, 6) is 0.751. The molecule has 2 aromatic heterocycles. The molecule has 32 heavy (non-hydrogen) atoms. The highest BCUT2D eigenvalue weighted by Gasteiger charge is 2.28. The van der Waals surface area contributed by atoms with Gasteiger partial charge in [-0.15, -0.1) is 5.10 Å². The number of hydrogen-bond donors (Lipinski definition) is 1. The zero-order chi connectivity index (χ0) is 22.1. The molecule has 4 aromatic rings. The number of hydrogen-bond acceptors (Lipinski definition) is 6. The van der Waals surface area contributed by atoms with Gasteiger partial charge in [0.15, 0.2) is 0 Å². The van der Waals surface area contributed by atoms with Gasteiger partial charge in [-0.25, -0.2) is 9.50 Å². The number of halogens is 1. The molecule has 0 saturated carbocycles. The van der Waals surface area contributed by atoms with Gasteiger partial charge in [-0.2, -0.15) is 0 Å². The summed E-state index contributed by atoms with van der Waals surface area (Å²) in [7, 11) is 1.65. The second-order valence-corrected chi connectivity index (χ2v) is 9.12. The third-order valence-corrected chi connectivity index (χ3v) is 6.83. The van der Waals surface area contributed by atoms with Gasteiger partial charge in [0.2, 0.25) is 16.0 Å². The van der Waals surface area contributed by atoms with Gasteiger partial charge < -0.3 is 15.0 Å². The van der Waals surface area contributed by atoms with E-state index < -0.39 is 0 Å². The third kappa shape index (κ3) is 4.28. The maximum atomic E-state index is 12.8. The minimum atomic E-state index is -0.0921. The summed E-state index contributed by atoms with van der Waals surface area (Å²) in [6.45, 7) is 1.52. The highest BCUT2D eigenvalue weighted by Crippen LogP contribution is 2.30. The summed E-state index contributed by atoms with van der Waals surface area (Å²) in [6, 6.07) is 15.0.